The number of thiocarbonyl (C=S) groups is 1. The molecule has 1 rings (SSSR count). The van der Waals surface area contributed by atoms with Crippen molar-refractivity contribution in [1.82, 2.24) is 0 Å². The third-order valence-corrected chi connectivity index (χ3v) is 3.63. The fourth-order valence-electron chi connectivity index (χ4n) is 2.58. The molecule has 12 heteroatoms. The molecule has 5 atom stereocenters. The van der Waals surface area contributed by atoms with Crippen molar-refractivity contribution < 1.29 is 47.6 Å². The lowest BCUT2D eigenvalue weighted by atomic mass is 9.98. The van der Waals surface area contributed by atoms with Crippen LogP contribution in [0.25, 0.3) is 0 Å². The first-order valence-electron chi connectivity index (χ1n) is 8.61. The van der Waals surface area contributed by atoms with Crippen LogP contribution in [0.4, 0.5) is 0 Å². The zero-order valence-electron chi connectivity index (χ0n) is 16.4. The summed E-state index contributed by atoms with van der Waals surface area (Å²) < 4.78 is 32.0. The highest BCUT2D eigenvalue weighted by molar-refractivity contribution is 7.78. The minimum atomic E-state index is -1.27. The molecule has 0 spiro atoms. The van der Waals surface area contributed by atoms with Crippen LogP contribution in [0.5, 0.6) is 0 Å². The monoisotopic (exact) mass is 433 g/mol. The van der Waals surface area contributed by atoms with Crippen LogP contribution < -0.4 is 0 Å². The molecule has 0 aromatic rings. The van der Waals surface area contributed by atoms with Crippen LogP contribution >= 0.6 is 12.2 Å². The molecule has 1 aliphatic rings. The minimum absolute atomic E-state index is 0.0113. The van der Waals surface area contributed by atoms with Crippen molar-refractivity contribution in [2.24, 2.45) is 4.99 Å². The van der Waals surface area contributed by atoms with E-state index in [1.807, 2.05) is 0 Å². The number of isothiocyanates is 1. The molecule has 0 aromatic carbocycles. The van der Waals surface area contributed by atoms with Gasteiger partial charge in [-0.3, -0.25) is 19.2 Å². The summed E-state index contributed by atoms with van der Waals surface area (Å²) in [6, 6.07) is 0. The van der Waals surface area contributed by atoms with Crippen molar-refractivity contribution in [2.45, 2.75) is 58.4 Å². The van der Waals surface area contributed by atoms with E-state index in [0.29, 0.717) is 0 Å². The zero-order chi connectivity index (χ0) is 22.0. The van der Waals surface area contributed by atoms with Gasteiger partial charge < -0.3 is 28.4 Å². The minimum Gasteiger partial charge on any atom is -0.463 e. The summed E-state index contributed by atoms with van der Waals surface area (Å²) in [4.78, 5) is 49.7. The molecule has 1 heterocycles. The molecule has 0 saturated carbocycles. The van der Waals surface area contributed by atoms with Crippen LogP contribution in [0.2, 0.25) is 0 Å². The smallest absolute Gasteiger partial charge is 0.303 e. The van der Waals surface area contributed by atoms with Crippen LogP contribution in [0.3, 0.4) is 0 Å². The van der Waals surface area contributed by atoms with Crippen LogP contribution in [0, 0.1) is 0 Å². The standard InChI is InChI=1S/C17H23NO10S/c1-9(19)24-7-13-14(25-10(2)20)15(26-11(3)21)16(27-12(4)22)17(28-13)23-6-5-18-8-29/h13-17H,5-7H2,1-4H3/t13-,14-,15+,16+,17+/m1/s1. The number of hydrogen-bond donors (Lipinski definition) is 0. The summed E-state index contributed by atoms with van der Waals surface area (Å²) in [7, 11) is 0. The van der Waals surface area contributed by atoms with Crippen LogP contribution in [0.1, 0.15) is 27.7 Å². The van der Waals surface area contributed by atoms with Gasteiger partial charge in [0.25, 0.3) is 0 Å². The van der Waals surface area contributed by atoms with Gasteiger partial charge in [-0.1, -0.05) is 0 Å². The molecule has 1 saturated heterocycles. The van der Waals surface area contributed by atoms with E-state index in [4.69, 9.17) is 28.4 Å². The number of rotatable bonds is 9. The summed E-state index contributed by atoms with van der Waals surface area (Å²) in [5, 5.41) is 2.17. The first-order valence-corrected chi connectivity index (χ1v) is 9.02. The number of aliphatic imine (C=N–C) groups is 1. The number of carbonyl (C=O) groups is 4. The van der Waals surface area contributed by atoms with Crippen molar-refractivity contribution in [2.75, 3.05) is 19.8 Å². The third-order valence-electron chi connectivity index (χ3n) is 3.50. The Kier molecular flexibility index (Phi) is 10.4. The molecule has 0 unspecified atom stereocenters. The molecule has 0 aliphatic carbocycles. The zero-order valence-corrected chi connectivity index (χ0v) is 17.3. The fraction of sp³-hybridized carbons (Fsp3) is 0.706. The lowest BCUT2D eigenvalue weighted by Crippen LogP contribution is -2.63. The van der Waals surface area contributed by atoms with Gasteiger partial charge in [-0.15, -0.1) is 0 Å². The second-order valence-electron chi connectivity index (χ2n) is 5.91. The van der Waals surface area contributed by atoms with Crippen molar-refractivity contribution in [3.63, 3.8) is 0 Å². The van der Waals surface area contributed by atoms with E-state index in [1.54, 1.807) is 0 Å². The molecule has 0 N–H and O–H groups in total. The Balaban J connectivity index is 3.22. The number of hydrogen-bond acceptors (Lipinski definition) is 12. The predicted molar refractivity (Wildman–Crippen MR) is 97.8 cm³/mol. The number of ether oxygens (including phenoxy) is 6. The van der Waals surface area contributed by atoms with E-state index in [2.05, 4.69) is 22.4 Å². The molecular formula is C17H23NO10S. The summed E-state index contributed by atoms with van der Waals surface area (Å²) in [5.74, 6) is -2.74. The number of carbonyl (C=O) groups excluding carboxylic acids is 4. The number of nitrogens with zero attached hydrogens (tertiary/aromatic N) is 1. The Morgan fingerprint density at radius 1 is 0.897 bits per heavy atom. The summed E-state index contributed by atoms with van der Waals surface area (Å²) in [5.41, 5.74) is 0. The summed E-state index contributed by atoms with van der Waals surface area (Å²) in [6.45, 7) is 4.44. The Bertz CT molecular complexity index is 663. The average Bonchev–Trinajstić information content (AvgIpc) is 2.60. The van der Waals surface area contributed by atoms with E-state index in [1.165, 1.54) is 6.92 Å². The molecule has 162 valence electrons. The quantitative estimate of drug-likeness (QED) is 0.162. The third kappa shape index (κ3) is 8.65. The van der Waals surface area contributed by atoms with Crippen molar-refractivity contribution in [3.8, 4) is 0 Å². The molecule has 0 bridgehead atoms. The molecule has 11 nitrogen and oxygen atoms in total. The Morgan fingerprint density at radius 2 is 1.45 bits per heavy atom. The predicted octanol–water partition coefficient (Wildman–Crippen LogP) is 0.189. The van der Waals surface area contributed by atoms with E-state index in [0.717, 1.165) is 20.8 Å². The highest BCUT2D eigenvalue weighted by Gasteiger charge is 2.52. The van der Waals surface area contributed by atoms with Gasteiger partial charge in [-0.25, -0.2) is 4.99 Å². The molecule has 0 radical (unpaired) electrons. The largest absolute Gasteiger partial charge is 0.463 e. The molecule has 0 aromatic heterocycles. The Morgan fingerprint density at radius 3 is 1.97 bits per heavy atom. The number of esters is 4. The molecule has 0 amide bonds. The van der Waals surface area contributed by atoms with Gasteiger partial charge in [0.1, 0.15) is 12.7 Å². The van der Waals surface area contributed by atoms with Crippen LogP contribution in [-0.4, -0.2) is 79.5 Å². The normalized spacial score (nSPS) is 25.9. The van der Waals surface area contributed by atoms with Crippen LogP contribution in [0.15, 0.2) is 4.99 Å². The second-order valence-corrected chi connectivity index (χ2v) is 6.09. The first-order chi connectivity index (χ1) is 13.6. The maximum absolute atomic E-state index is 11.6. The van der Waals surface area contributed by atoms with Gasteiger partial charge in [0.2, 0.25) is 0 Å². The fourth-order valence-corrected chi connectivity index (χ4v) is 2.67. The lowest BCUT2D eigenvalue weighted by molar-refractivity contribution is -0.307. The van der Waals surface area contributed by atoms with Gasteiger partial charge in [0.15, 0.2) is 24.6 Å². The lowest BCUT2D eigenvalue weighted by Gasteiger charge is -2.44. The van der Waals surface area contributed by atoms with Gasteiger partial charge in [-0.05, 0) is 12.2 Å². The maximum atomic E-state index is 11.6. The average molecular weight is 433 g/mol. The van der Waals surface area contributed by atoms with Crippen molar-refractivity contribution >= 4 is 41.3 Å². The van der Waals surface area contributed by atoms with E-state index in [-0.39, 0.29) is 19.8 Å². The molecule has 1 aliphatic heterocycles. The highest BCUT2D eigenvalue weighted by Crippen LogP contribution is 2.29. The Labute approximate surface area is 172 Å². The first kappa shape index (κ1) is 24.6. The van der Waals surface area contributed by atoms with Gasteiger partial charge in [0, 0.05) is 27.7 Å². The van der Waals surface area contributed by atoms with Crippen LogP contribution in [-0.2, 0) is 47.6 Å². The van der Waals surface area contributed by atoms with E-state index < -0.39 is 54.6 Å². The van der Waals surface area contributed by atoms with E-state index in [9.17, 15) is 19.2 Å². The highest BCUT2D eigenvalue weighted by atomic mass is 32.1. The summed E-state index contributed by atoms with van der Waals surface area (Å²) in [6.07, 6.45) is -6.03. The van der Waals surface area contributed by atoms with Crippen molar-refractivity contribution in [3.05, 3.63) is 0 Å². The molecule has 29 heavy (non-hydrogen) atoms. The maximum Gasteiger partial charge on any atom is 0.303 e. The molecular weight excluding hydrogens is 410 g/mol. The van der Waals surface area contributed by atoms with Gasteiger partial charge >= 0.3 is 23.9 Å². The van der Waals surface area contributed by atoms with E-state index >= 15 is 0 Å². The second kappa shape index (κ2) is 12.2. The van der Waals surface area contributed by atoms with Crippen molar-refractivity contribution in [1.29, 1.82) is 0 Å². The summed E-state index contributed by atoms with van der Waals surface area (Å²) >= 11 is 4.47. The topological polar surface area (TPSA) is 136 Å². The molecule has 1 fully saturated rings. The SMILES string of the molecule is CC(=O)OC[C@H]1O[C@H](OCCN=C=S)[C@@H](OC(C)=O)[C@@H](OC(C)=O)[C@@H]1OC(C)=O. The van der Waals surface area contributed by atoms with Gasteiger partial charge in [0.05, 0.1) is 18.3 Å². The Hall–Kier alpha value is -2.40. The van der Waals surface area contributed by atoms with Gasteiger partial charge in [-0.2, -0.15) is 0 Å².